The average molecular weight is 274 g/mol. The number of thioether (sulfide) groups is 1. The summed E-state index contributed by atoms with van der Waals surface area (Å²) in [7, 11) is 0. The minimum absolute atomic E-state index is 0.620. The fourth-order valence-electron chi connectivity index (χ4n) is 2.37. The summed E-state index contributed by atoms with van der Waals surface area (Å²) < 4.78 is 0. The summed E-state index contributed by atoms with van der Waals surface area (Å²) in [5.74, 6) is 1.63. The number of benzene rings is 1. The lowest BCUT2D eigenvalue weighted by molar-refractivity contribution is 0.606. The number of hydrogen-bond donors (Lipinski definition) is 0. The van der Waals surface area contributed by atoms with Crippen LogP contribution >= 0.6 is 11.8 Å². The zero-order valence-corrected chi connectivity index (χ0v) is 12.8. The summed E-state index contributed by atoms with van der Waals surface area (Å²) in [5, 5.41) is 9.52. The van der Waals surface area contributed by atoms with E-state index >= 15 is 0 Å². The molecule has 0 saturated heterocycles. The molecular weight excluding hydrogens is 252 g/mol. The second kappa shape index (κ2) is 6.34. The van der Waals surface area contributed by atoms with Crippen molar-refractivity contribution >= 4 is 17.4 Å². The van der Waals surface area contributed by atoms with Gasteiger partial charge in [-0.2, -0.15) is 5.26 Å². The second-order valence-corrected chi connectivity index (χ2v) is 6.78. The van der Waals surface area contributed by atoms with Crippen molar-refractivity contribution in [1.82, 2.24) is 0 Å². The molecule has 0 amide bonds. The first-order valence-electron chi connectivity index (χ1n) is 7.10. The largest absolute Gasteiger partial charge is 0.367 e. The van der Waals surface area contributed by atoms with Crippen LogP contribution in [0.25, 0.3) is 0 Å². The molecule has 1 aliphatic rings. The van der Waals surface area contributed by atoms with E-state index in [-0.39, 0.29) is 0 Å². The van der Waals surface area contributed by atoms with Gasteiger partial charge in [0.05, 0.1) is 11.3 Å². The molecule has 1 aromatic carbocycles. The smallest absolute Gasteiger partial charge is 0.103 e. The van der Waals surface area contributed by atoms with Crippen molar-refractivity contribution in [3.8, 4) is 6.07 Å². The molecule has 0 aliphatic heterocycles. The Kier molecular flexibility index (Phi) is 4.76. The number of nitrogens with zero attached hydrogens (tertiary/aromatic N) is 2. The second-order valence-electron chi connectivity index (χ2n) is 5.47. The Bertz CT molecular complexity index is 472. The maximum Gasteiger partial charge on any atom is 0.103 e. The van der Waals surface area contributed by atoms with Crippen molar-refractivity contribution in [3.05, 3.63) is 23.8 Å². The van der Waals surface area contributed by atoms with Crippen LogP contribution in [0, 0.1) is 17.2 Å². The summed E-state index contributed by atoms with van der Waals surface area (Å²) in [6, 6.07) is 9.34. The minimum Gasteiger partial charge on any atom is -0.367 e. The molecule has 0 heterocycles. The summed E-state index contributed by atoms with van der Waals surface area (Å²) in [4.78, 5) is 3.57. The maximum atomic E-state index is 9.52. The number of anilines is 1. The van der Waals surface area contributed by atoms with Gasteiger partial charge in [0.2, 0.25) is 0 Å². The molecular formula is C16H22N2S. The monoisotopic (exact) mass is 274 g/mol. The summed E-state index contributed by atoms with van der Waals surface area (Å²) in [6.07, 6.45) is 2.53. The van der Waals surface area contributed by atoms with Crippen molar-refractivity contribution in [2.24, 2.45) is 5.92 Å². The molecule has 0 aromatic heterocycles. The van der Waals surface area contributed by atoms with Gasteiger partial charge in [0.1, 0.15) is 6.07 Å². The normalized spacial score (nSPS) is 14.5. The van der Waals surface area contributed by atoms with Gasteiger partial charge in [-0.3, -0.25) is 0 Å². The fourth-order valence-corrected chi connectivity index (χ4v) is 3.15. The first-order chi connectivity index (χ1) is 9.17. The highest BCUT2D eigenvalue weighted by Crippen LogP contribution is 2.37. The molecule has 0 spiro atoms. The van der Waals surface area contributed by atoms with E-state index in [0.29, 0.717) is 12.0 Å². The quantitative estimate of drug-likeness (QED) is 0.724. The molecule has 1 saturated carbocycles. The van der Waals surface area contributed by atoms with Crippen molar-refractivity contribution in [2.75, 3.05) is 17.2 Å². The summed E-state index contributed by atoms with van der Waals surface area (Å²) >= 11 is 1.76. The van der Waals surface area contributed by atoms with Crippen LogP contribution in [0.1, 0.15) is 39.2 Å². The van der Waals surface area contributed by atoms with Gasteiger partial charge < -0.3 is 4.90 Å². The highest BCUT2D eigenvalue weighted by molar-refractivity contribution is 7.99. The van der Waals surface area contributed by atoms with E-state index in [1.807, 2.05) is 0 Å². The molecule has 0 bridgehead atoms. The van der Waals surface area contributed by atoms with Gasteiger partial charge in [-0.25, -0.2) is 0 Å². The van der Waals surface area contributed by atoms with Crippen LogP contribution < -0.4 is 4.90 Å². The van der Waals surface area contributed by atoms with Crippen LogP contribution in [0.2, 0.25) is 0 Å². The first-order valence-corrected chi connectivity index (χ1v) is 8.08. The lowest BCUT2D eigenvalue weighted by atomic mass is 10.1. The van der Waals surface area contributed by atoms with Crippen LogP contribution in [0.3, 0.4) is 0 Å². The summed E-state index contributed by atoms with van der Waals surface area (Å²) in [6.45, 7) is 7.66. The van der Waals surface area contributed by atoms with E-state index in [9.17, 15) is 5.26 Å². The van der Waals surface area contributed by atoms with Crippen LogP contribution in [-0.4, -0.2) is 18.3 Å². The molecule has 1 fully saturated rings. The van der Waals surface area contributed by atoms with Crippen LogP contribution in [0.5, 0.6) is 0 Å². The molecule has 102 valence electrons. The molecule has 0 N–H and O–H groups in total. The van der Waals surface area contributed by atoms with Crippen molar-refractivity contribution in [2.45, 2.75) is 44.6 Å². The van der Waals surface area contributed by atoms with E-state index in [1.165, 1.54) is 12.8 Å². The molecule has 3 heteroatoms. The SMILES string of the molecule is CCSc1cccc(N(CC(C)C)C2CC2)c1C#N. The van der Waals surface area contributed by atoms with Gasteiger partial charge >= 0.3 is 0 Å². The predicted molar refractivity (Wildman–Crippen MR) is 82.8 cm³/mol. The molecule has 0 atom stereocenters. The van der Waals surface area contributed by atoms with Gasteiger partial charge in [-0.15, -0.1) is 11.8 Å². The van der Waals surface area contributed by atoms with Gasteiger partial charge in [-0.05, 0) is 36.6 Å². The highest BCUT2D eigenvalue weighted by Gasteiger charge is 2.31. The standard InChI is InChI=1S/C16H22N2S/c1-4-19-16-7-5-6-15(14(16)10-17)18(11-12(2)3)13-8-9-13/h5-7,12-13H,4,8-9,11H2,1-3H3. The predicted octanol–water partition coefficient (Wildman–Crippen LogP) is 4.30. The maximum absolute atomic E-state index is 9.52. The van der Waals surface area contributed by atoms with Crippen molar-refractivity contribution in [1.29, 1.82) is 5.26 Å². The molecule has 1 aromatic rings. The Labute approximate surface area is 120 Å². The number of hydrogen-bond acceptors (Lipinski definition) is 3. The molecule has 1 aliphatic carbocycles. The zero-order chi connectivity index (χ0) is 13.8. The van der Waals surface area contributed by atoms with Crippen LogP contribution in [0.15, 0.2) is 23.1 Å². The van der Waals surface area contributed by atoms with Crippen LogP contribution in [0.4, 0.5) is 5.69 Å². The van der Waals surface area contributed by atoms with Gasteiger partial charge in [0.25, 0.3) is 0 Å². The summed E-state index contributed by atoms with van der Waals surface area (Å²) in [5.41, 5.74) is 2.00. The Morgan fingerprint density at radius 1 is 1.42 bits per heavy atom. The third-order valence-electron chi connectivity index (χ3n) is 3.27. The third kappa shape index (κ3) is 3.45. The van der Waals surface area contributed by atoms with E-state index in [2.05, 4.69) is 49.9 Å². The Morgan fingerprint density at radius 3 is 2.68 bits per heavy atom. The van der Waals surface area contributed by atoms with E-state index < -0.39 is 0 Å². The number of rotatable bonds is 6. The number of nitriles is 1. The zero-order valence-electron chi connectivity index (χ0n) is 12.0. The lowest BCUT2D eigenvalue weighted by Crippen LogP contribution is -2.30. The highest BCUT2D eigenvalue weighted by atomic mass is 32.2. The van der Waals surface area contributed by atoms with Crippen molar-refractivity contribution < 1.29 is 0 Å². The Morgan fingerprint density at radius 2 is 2.16 bits per heavy atom. The molecule has 19 heavy (non-hydrogen) atoms. The van der Waals surface area contributed by atoms with E-state index in [0.717, 1.165) is 28.4 Å². The fraction of sp³-hybridized carbons (Fsp3) is 0.562. The third-order valence-corrected chi connectivity index (χ3v) is 4.21. The molecule has 2 nitrogen and oxygen atoms in total. The van der Waals surface area contributed by atoms with E-state index in [4.69, 9.17) is 0 Å². The van der Waals surface area contributed by atoms with Gasteiger partial charge in [0, 0.05) is 17.5 Å². The molecule has 0 radical (unpaired) electrons. The Hall–Kier alpha value is -1.14. The van der Waals surface area contributed by atoms with Gasteiger partial charge in [0.15, 0.2) is 0 Å². The minimum atomic E-state index is 0.620. The molecule has 2 rings (SSSR count). The molecule has 0 unspecified atom stereocenters. The average Bonchev–Trinajstić information content (AvgIpc) is 3.20. The topological polar surface area (TPSA) is 27.0 Å². The van der Waals surface area contributed by atoms with Crippen molar-refractivity contribution in [3.63, 3.8) is 0 Å². The van der Waals surface area contributed by atoms with Crippen LogP contribution in [-0.2, 0) is 0 Å². The lowest BCUT2D eigenvalue weighted by Gasteiger charge is -2.28. The first kappa shape index (κ1) is 14.3. The Balaban J connectivity index is 2.36. The van der Waals surface area contributed by atoms with E-state index in [1.54, 1.807) is 11.8 Å². The van der Waals surface area contributed by atoms with Gasteiger partial charge in [-0.1, -0.05) is 26.8 Å².